The number of benzene rings is 1. The van der Waals surface area contributed by atoms with Gasteiger partial charge in [-0.1, -0.05) is 6.07 Å². The van der Waals surface area contributed by atoms with Crippen LogP contribution in [0.15, 0.2) is 24.3 Å². The Balaban J connectivity index is 1.79. The maximum Gasteiger partial charge on any atom is 0.387 e. The van der Waals surface area contributed by atoms with Crippen molar-refractivity contribution in [3.63, 3.8) is 0 Å². The fourth-order valence-corrected chi connectivity index (χ4v) is 2.07. The van der Waals surface area contributed by atoms with E-state index in [0.717, 1.165) is 12.8 Å². The first-order valence-corrected chi connectivity index (χ1v) is 7.86. The van der Waals surface area contributed by atoms with E-state index >= 15 is 0 Å². The second-order valence-corrected chi connectivity index (χ2v) is 5.48. The van der Waals surface area contributed by atoms with Crippen molar-refractivity contribution in [2.45, 2.75) is 19.5 Å². The van der Waals surface area contributed by atoms with Crippen LogP contribution in [0.2, 0.25) is 0 Å². The van der Waals surface area contributed by atoms with Crippen molar-refractivity contribution in [1.82, 2.24) is 10.6 Å². The highest BCUT2D eigenvalue weighted by Gasteiger charge is 2.28. The van der Waals surface area contributed by atoms with Gasteiger partial charge in [0.15, 0.2) is 11.5 Å². The summed E-state index contributed by atoms with van der Waals surface area (Å²) in [6.07, 6.45) is 4.70. The monoisotopic (exact) mass is 354 g/mol. The van der Waals surface area contributed by atoms with Crippen molar-refractivity contribution in [3.8, 4) is 11.5 Å². The fourth-order valence-electron chi connectivity index (χ4n) is 2.07. The van der Waals surface area contributed by atoms with Crippen LogP contribution in [0, 0.1) is 5.92 Å². The maximum atomic E-state index is 12.3. The van der Waals surface area contributed by atoms with Crippen LogP contribution in [0.1, 0.15) is 18.4 Å². The molecule has 0 heterocycles. The second-order valence-electron chi connectivity index (χ2n) is 5.48. The third-order valence-corrected chi connectivity index (χ3v) is 3.50. The van der Waals surface area contributed by atoms with Gasteiger partial charge in [0, 0.05) is 25.1 Å². The number of hydrogen-bond acceptors (Lipinski definition) is 4. The van der Waals surface area contributed by atoms with Gasteiger partial charge in [0.2, 0.25) is 11.8 Å². The normalized spacial score (nSPS) is 13.8. The SMILES string of the molecule is COc1cc(/C=C/C(=O)NCCNC(=O)C2CC2)ccc1OC(F)F. The van der Waals surface area contributed by atoms with Crippen molar-refractivity contribution in [2.24, 2.45) is 5.92 Å². The molecule has 0 saturated heterocycles. The fraction of sp³-hybridized carbons (Fsp3) is 0.412. The van der Waals surface area contributed by atoms with Crippen LogP contribution < -0.4 is 20.1 Å². The Hall–Kier alpha value is -2.64. The molecule has 1 aliphatic rings. The number of methoxy groups -OCH3 is 1. The smallest absolute Gasteiger partial charge is 0.387 e. The minimum Gasteiger partial charge on any atom is -0.493 e. The summed E-state index contributed by atoms with van der Waals surface area (Å²) in [4.78, 5) is 23.1. The van der Waals surface area contributed by atoms with Crippen molar-refractivity contribution in [3.05, 3.63) is 29.8 Å². The molecule has 2 amide bonds. The minimum atomic E-state index is -2.94. The molecular weight excluding hydrogens is 334 g/mol. The van der Waals surface area contributed by atoms with E-state index in [0.29, 0.717) is 18.7 Å². The van der Waals surface area contributed by atoms with Gasteiger partial charge < -0.3 is 20.1 Å². The standard InChI is InChI=1S/C17H20F2N2O4/c1-24-14-10-11(2-6-13(14)25-17(18)19)3-7-15(22)20-8-9-21-16(23)12-4-5-12/h2-3,6-7,10,12,17H,4-5,8-9H2,1H3,(H,20,22)(H,21,23)/b7-3+. The van der Waals surface area contributed by atoms with Crippen molar-refractivity contribution in [2.75, 3.05) is 20.2 Å². The molecule has 25 heavy (non-hydrogen) atoms. The van der Waals surface area contributed by atoms with E-state index in [-0.39, 0.29) is 29.2 Å². The van der Waals surface area contributed by atoms with Gasteiger partial charge in [-0.15, -0.1) is 0 Å². The zero-order chi connectivity index (χ0) is 18.2. The number of nitrogens with one attached hydrogen (secondary N) is 2. The van der Waals surface area contributed by atoms with Gasteiger partial charge in [0.05, 0.1) is 7.11 Å². The Labute approximate surface area is 144 Å². The number of hydrogen-bond donors (Lipinski definition) is 2. The lowest BCUT2D eigenvalue weighted by Crippen LogP contribution is -2.34. The van der Waals surface area contributed by atoms with Crippen LogP contribution in [0.5, 0.6) is 11.5 Å². The quantitative estimate of drug-likeness (QED) is 0.525. The van der Waals surface area contributed by atoms with Gasteiger partial charge in [0.25, 0.3) is 0 Å². The Morgan fingerprint density at radius 2 is 1.96 bits per heavy atom. The summed E-state index contributed by atoms with van der Waals surface area (Å²) < 4.78 is 33.8. The predicted octanol–water partition coefficient (Wildman–Crippen LogP) is 1.95. The van der Waals surface area contributed by atoms with E-state index in [1.807, 2.05) is 0 Å². The molecule has 0 aromatic heterocycles. The summed E-state index contributed by atoms with van der Waals surface area (Å²) in [5.41, 5.74) is 0.593. The molecule has 2 rings (SSSR count). The zero-order valence-corrected chi connectivity index (χ0v) is 13.8. The summed E-state index contributed by atoms with van der Waals surface area (Å²) >= 11 is 0. The summed E-state index contributed by atoms with van der Waals surface area (Å²) in [5, 5.41) is 5.38. The van der Waals surface area contributed by atoms with Crippen molar-refractivity contribution in [1.29, 1.82) is 0 Å². The average molecular weight is 354 g/mol. The van der Waals surface area contributed by atoms with E-state index in [4.69, 9.17) is 4.74 Å². The molecule has 1 saturated carbocycles. The van der Waals surface area contributed by atoms with Gasteiger partial charge in [-0.3, -0.25) is 9.59 Å². The van der Waals surface area contributed by atoms with Crippen LogP contribution in [0.4, 0.5) is 8.78 Å². The summed E-state index contributed by atoms with van der Waals surface area (Å²) in [7, 11) is 1.34. The molecule has 136 valence electrons. The van der Waals surface area contributed by atoms with E-state index in [9.17, 15) is 18.4 Å². The lowest BCUT2D eigenvalue weighted by atomic mass is 10.2. The molecule has 0 radical (unpaired) electrons. The van der Waals surface area contributed by atoms with Gasteiger partial charge in [-0.25, -0.2) is 0 Å². The maximum absolute atomic E-state index is 12.3. The highest BCUT2D eigenvalue weighted by Crippen LogP contribution is 2.30. The summed E-state index contributed by atoms with van der Waals surface area (Å²) in [6, 6.07) is 4.35. The molecule has 2 N–H and O–H groups in total. The molecule has 0 aliphatic heterocycles. The molecule has 0 spiro atoms. The van der Waals surface area contributed by atoms with Crippen LogP contribution in [0.25, 0.3) is 6.08 Å². The van der Waals surface area contributed by atoms with Crippen LogP contribution in [-0.4, -0.2) is 38.6 Å². The summed E-state index contributed by atoms with van der Waals surface area (Å²) in [5.74, 6) is -0.0886. The topological polar surface area (TPSA) is 76.7 Å². The number of ether oxygens (including phenoxy) is 2. The number of rotatable bonds is 9. The molecule has 0 unspecified atom stereocenters. The van der Waals surface area contributed by atoms with E-state index in [1.54, 1.807) is 0 Å². The highest BCUT2D eigenvalue weighted by molar-refractivity contribution is 5.91. The van der Waals surface area contributed by atoms with Gasteiger partial charge in [-0.2, -0.15) is 8.78 Å². The molecule has 8 heteroatoms. The van der Waals surface area contributed by atoms with Crippen LogP contribution in [0.3, 0.4) is 0 Å². The largest absolute Gasteiger partial charge is 0.493 e. The van der Waals surface area contributed by atoms with E-state index in [1.165, 1.54) is 37.5 Å². The van der Waals surface area contributed by atoms with Gasteiger partial charge in [-0.05, 0) is 36.6 Å². The first kappa shape index (κ1) is 18.7. The third kappa shape index (κ3) is 6.40. The number of alkyl halides is 2. The molecule has 1 aromatic carbocycles. The van der Waals surface area contributed by atoms with Gasteiger partial charge in [0.1, 0.15) is 0 Å². The molecule has 1 fully saturated rings. The number of amides is 2. The van der Waals surface area contributed by atoms with E-state index in [2.05, 4.69) is 15.4 Å². The molecule has 1 aromatic rings. The number of carbonyl (C=O) groups excluding carboxylic acids is 2. The molecule has 0 bridgehead atoms. The number of carbonyl (C=O) groups is 2. The van der Waals surface area contributed by atoms with E-state index < -0.39 is 6.61 Å². The first-order chi connectivity index (χ1) is 12.0. The van der Waals surface area contributed by atoms with Crippen molar-refractivity contribution >= 4 is 17.9 Å². The van der Waals surface area contributed by atoms with Crippen molar-refractivity contribution < 1.29 is 27.8 Å². The second kappa shape index (κ2) is 9.00. The third-order valence-electron chi connectivity index (χ3n) is 3.50. The Kier molecular flexibility index (Phi) is 6.73. The lowest BCUT2D eigenvalue weighted by Gasteiger charge is -2.10. The first-order valence-electron chi connectivity index (χ1n) is 7.86. The molecule has 0 atom stereocenters. The van der Waals surface area contributed by atoms with Crippen LogP contribution in [-0.2, 0) is 9.59 Å². The predicted molar refractivity (Wildman–Crippen MR) is 87.4 cm³/mol. The van der Waals surface area contributed by atoms with Gasteiger partial charge >= 0.3 is 6.61 Å². The number of halogens is 2. The zero-order valence-electron chi connectivity index (χ0n) is 13.8. The summed E-state index contributed by atoms with van der Waals surface area (Å²) in [6.45, 7) is -2.24. The molecular formula is C17H20F2N2O4. The molecule has 6 nitrogen and oxygen atoms in total. The Bertz CT molecular complexity index is 646. The van der Waals surface area contributed by atoms with Crippen LogP contribution >= 0.6 is 0 Å². The molecule has 1 aliphatic carbocycles. The Morgan fingerprint density at radius 1 is 1.24 bits per heavy atom. The average Bonchev–Trinajstić information content (AvgIpc) is 3.42. The Morgan fingerprint density at radius 3 is 2.60 bits per heavy atom. The highest BCUT2D eigenvalue weighted by atomic mass is 19.3. The lowest BCUT2D eigenvalue weighted by molar-refractivity contribution is -0.122. The minimum absolute atomic E-state index is 0.0305.